The first-order chi connectivity index (χ1) is 10.2. The highest BCUT2D eigenvalue weighted by Crippen LogP contribution is 2.25. The minimum absolute atomic E-state index is 0.774. The maximum absolute atomic E-state index is 4.55. The Morgan fingerprint density at radius 1 is 1.00 bits per heavy atom. The molecule has 4 nitrogen and oxygen atoms in total. The van der Waals surface area contributed by atoms with Gasteiger partial charge >= 0.3 is 0 Å². The molecule has 21 heavy (non-hydrogen) atoms. The fraction of sp³-hybridized carbons (Fsp3) is 0.412. The summed E-state index contributed by atoms with van der Waals surface area (Å²) in [5.41, 5.74) is 3.46. The van der Waals surface area contributed by atoms with Crippen molar-refractivity contribution in [2.45, 2.75) is 40.5 Å². The standard InChI is InChI=1S/C17H24N4/c1-5-11-18-16-12(3)17(20-13(4)19-16)21-15-10-8-7-9-14(15)6-2/h7-10H,5-6,11H2,1-4H3,(H2,18,19,20,21). The Kier molecular flexibility index (Phi) is 5.14. The first-order valence-electron chi connectivity index (χ1n) is 7.59. The summed E-state index contributed by atoms with van der Waals surface area (Å²) in [6.45, 7) is 9.20. The molecule has 1 aromatic carbocycles. The van der Waals surface area contributed by atoms with Crippen molar-refractivity contribution < 1.29 is 0 Å². The van der Waals surface area contributed by atoms with Gasteiger partial charge in [0.1, 0.15) is 17.5 Å². The fourth-order valence-corrected chi connectivity index (χ4v) is 2.24. The molecule has 2 N–H and O–H groups in total. The van der Waals surface area contributed by atoms with E-state index >= 15 is 0 Å². The number of nitrogens with one attached hydrogen (secondary N) is 2. The number of hydrogen-bond acceptors (Lipinski definition) is 4. The van der Waals surface area contributed by atoms with E-state index < -0.39 is 0 Å². The van der Waals surface area contributed by atoms with Crippen molar-refractivity contribution in [1.82, 2.24) is 9.97 Å². The minimum Gasteiger partial charge on any atom is -0.370 e. The molecule has 0 saturated heterocycles. The largest absolute Gasteiger partial charge is 0.370 e. The molecule has 0 unspecified atom stereocenters. The highest BCUT2D eigenvalue weighted by Gasteiger charge is 2.10. The summed E-state index contributed by atoms with van der Waals surface area (Å²) in [7, 11) is 0. The number of anilines is 3. The number of rotatable bonds is 6. The molecule has 0 aliphatic heterocycles. The zero-order chi connectivity index (χ0) is 15.2. The number of para-hydroxylation sites is 1. The first kappa shape index (κ1) is 15.3. The zero-order valence-corrected chi connectivity index (χ0v) is 13.3. The third-order valence-corrected chi connectivity index (χ3v) is 3.45. The second-order valence-corrected chi connectivity index (χ2v) is 5.16. The summed E-state index contributed by atoms with van der Waals surface area (Å²) in [6, 6.07) is 8.34. The second-order valence-electron chi connectivity index (χ2n) is 5.16. The highest BCUT2D eigenvalue weighted by molar-refractivity contribution is 5.66. The average molecular weight is 284 g/mol. The van der Waals surface area contributed by atoms with Crippen LogP contribution >= 0.6 is 0 Å². The van der Waals surface area contributed by atoms with Gasteiger partial charge in [-0.15, -0.1) is 0 Å². The minimum atomic E-state index is 0.774. The first-order valence-corrected chi connectivity index (χ1v) is 7.59. The maximum Gasteiger partial charge on any atom is 0.139 e. The average Bonchev–Trinajstić information content (AvgIpc) is 2.49. The molecule has 1 heterocycles. The quantitative estimate of drug-likeness (QED) is 0.833. The van der Waals surface area contributed by atoms with E-state index in [0.29, 0.717) is 0 Å². The third-order valence-electron chi connectivity index (χ3n) is 3.45. The highest BCUT2D eigenvalue weighted by atomic mass is 15.1. The molecular weight excluding hydrogens is 260 g/mol. The summed E-state index contributed by atoms with van der Waals surface area (Å²) in [6.07, 6.45) is 2.07. The zero-order valence-electron chi connectivity index (χ0n) is 13.3. The Morgan fingerprint density at radius 3 is 2.43 bits per heavy atom. The lowest BCUT2D eigenvalue weighted by atomic mass is 10.1. The molecular formula is C17H24N4. The van der Waals surface area contributed by atoms with Crippen LogP contribution in [0.1, 0.15) is 37.2 Å². The third kappa shape index (κ3) is 3.72. The van der Waals surface area contributed by atoms with Crippen LogP contribution in [-0.4, -0.2) is 16.5 Å². The van der Waals surface area contributed by atoms with E-state index in [1.807, 2.05) is 19.9 Å². The van der Waals surface area contributed by atoms with Gasteiger partial charge in [-0.3, -0.25) is 0 Å². The van der Waals surface area contributed by atoms with Crippen molar-refractivity contribution in [1.29, 1.82) is 0 Å². The number of aryl methyl sites for hydroxylation is 2. The van der Waals surface area contributed by atoms with E-state index in [1.165, 1.54) is 5.56 Å². The molecule has 0 saturated carbocycles. The molecule has 0 aliphatic carbocycles. The molecule has 0 bridgehead atoms. The predicted octanol–water partition coefficient (Wildman–Crippen LogP) is 4.22. The molecule has 0 aliphatic rings. The van der Waals surface area contributed by atoms with Gasteiger partial charge in [0.15, 0.2) is 0 Å². The normalized spacial score (nSPS) is 10.5. The summed E-state index contributed by atoms with van der Waals surface area (Å²) >= 11 is 0. The monoisotopic (exact) mass is 284 g/mol. The van der Waals surface area contributed by atoms with Crippen LogP contribution in [0, 0.1) is 13.8 Å². The van der Waals surface area contributed by atoms with Gasteiger partial charge in [-0.25, -0.2) is 9.97 Å². The van der Waals surface area contributed by atoms with Crippen molar-refractivity contribution in [3.05, 3.63) is 41.2 Å². The molecule has 2 rings (SSSR count). The van der Waals surface area contributed by atoms with Crippen molar-refractivity contribution >= 4 is 17.3 Å². The molecule has 0 atom stereocenters. The van der Waals surface area contributed by atoms with E-state index in [-0.39, 0.29) is 0 Å². The van der Waals surface area contributed by atoms with Crippen LogP contribution < -0.4 is 10.6 Å². The summed E-state index contributed by atoms with van der Waals surface area (Å²) < 4.78 is 0. The Morgan fingerprint density at radius 2 is 1.71 bits per heavy atom. The molecule has 0 radical (unpaired) electrons. The summed E-state index contributed by atoms with van der Waals surface area (Å²) in [5, 5.41) is 6.83. The summed E-state index contributed by atoms with van der Waals surface area (Å²) in [4.78, 5) is 9.04. The molecule has 4 heteroatoms. The number of hydrogen-bond donors (Lipinski definition) is 2. The molecule has 0 spiro atoms. The number of aromatic nitrogens is 2. The van der Waals surface area contributed by atoms with Crippen LogP contribution in [-0.2, 0) is 6.42 Å². The molecule has 1 aromatic heterocycles. The van der Waals surface area contributed by atoms with E-state index in [1.54, 1.807) is 0 Å². The smallest absolute Gasteiger partial charge is 0.139 e. The van der Waals surface area contributed by atoms with Crippen molar-refractivity contribution in [3.63, 3.8) is 0 Å². The van der Waals surface area contributed by atoms with Gasteiger partial charge in [0.2, 0.25) is 0 Å². The van der Waals surface area contributed by atoms with Crippen LogP contribution in [0.3, 0.4) is 0 Å². The van der Waals surface area contributed by atoms with Crippen molar-refractivity contribution in [2.24, 2.45) is 0 Å². The lowest BCUT2D eigenvalue weighted by molar-refractivity contribution is 0.947. The van der Waals surface area contributed by atoms with E-state index in [9.17, 15) is 0 Å². The Hall–Kier alpha value is -2.10. The molecule has 0 amide bonds. The second kappa shape index (κ2) is 7.07. The van der Waals surface area contributed by atoms with Gasteiger partial charge in [0.25, 0.3) is 0 Å². The lowest BCUT2D eigenvalue weighted by Crippen LogP contribution is -2.09. The number of benzene rings is 1. The molecule has 0 fully saturated rings. The van der Waals surface area contributed by atoms with Crippen LogP contribution in [0.5, 0.6) is 0 Å². The Bertz CT molecular complexity index is 608. The van der Waals surface area contributed by atoms with Crippen molar-refractivity contribution in [3.8, 4) is 0 Å². The Labute approximate surface area is 127 Å². The van der Waals surface area contributed by atoms with E-state index in [0.717, 1.165) is 48.1 Å². The van der Waals surface area contributed by atoms with Crippen LogP contribution in [0.25, 0.3) is 0 Å². The van der Waals surface area contributed by atoms with E-state index in [2.05, 4.69) is 52.6 Å². The maximum atomic E-state index is 4.55. The lowest BCUT2D eigenvalue weighted by Gasteiger charge is -2.15. The predicted molar refractivity (Wildman–Crippen MR) is 89.4 cm³/mol. The van der Waals surface area contributed by atoms with E-state index in [4.69, 9.17) is 0 Å². The SMILES string of the molecule is CCCNc1nc(C)nc(Nc2ccccc2CC)c1C. The van der Waals surface area contributed by atoms with Gasteiger partial charge in [0, 0.05) is 17.8 Å². The Balaban J connectivity index is 2.33. The van der Waals surface area contributed by atoms with Crippen molar-refractivity contribution in [2.75, 3.05) is 17.2 Å². The van der Waals surface area contributed by atoms with Crippen LogP contribution in [0.2, 0.25) is 0 Å². The van der Waals surface area contributed by atoms with Gasteiger partial charge in [-0.05, 0) is 38.3 Å². The van der Waals surface area contributed by atoms with Gasteiger partial charge in [-0.1, -0.05) is 32.0 Å². The fourth-order valence-electron chi connectivity index (χ4n) is 2.24. The van der Waals surface area contributed by atoms with Gasteiger partial charge in [-0.2, -0.15) is 0 Å². The van der Waals surface area contributed by atoms with Crippen LogP contribution in [0.15, 0.2) is 24.3 Å². The van der Waals surface area contributed by atoms with Gasteiger partial charge in [0.05, 0.1) is 0 Å². The van der Waals surface area contributed by atoms with Gasteiger partial charge < -0.3 is 10.6 Å². The summed E-state index contributed by atoms with van der Waals surface area (Å²) in [5.74, 6) is 2.57. The number of nitrogens with zero attached hydrogens (tertiary/aromatic N) is 2. The van der Waals surface area contributed by atoms with Crippen LogP contribution in [0.4, 0.5) is 17.3 Å². The molecule has 2 aromatic rings. The topological polar surface area (TPSA) is 49.8 Å². The molecule has 112 valence electrons.